The lowest BCUT2D eigenvalue weighted by Gasteiger charge is -2.32. The van der Waals surface area contributed by atoms with Crippen molar-refractivity contribution in [2.75, 3.05) is 39.8 Å². The number of oxime groups is 1. The number of halogens is 3. The summed E-state index contributed by atoms with van der Waals surface area (Å²) in [5.74, 6) is 0.533. The van der Waals surface area contributed by atoms with Gasteiger partial charge in [0.2, 0.25) is 0 Å². The smallest absolute Gasteiger partial charge is 0.416 e. The van der Waals surface area contributed by atoms with Crippen LogP contribution >= 0.6 is 0 Å². The van der Waals surface area contributed by atoms with Crippen LogP contribution in [0, 0.1) is 0 Å². The Morgan fingerprint density at radius 2 is 1.53 bits per heavy atom. The average Bonchev–Trinajstić information content (AvgIpc) is 2.92. The molecule has 0 N–H and O–H groups in total. The van der Waals surface area contributed by atoms with E-state index >= 15 is 0 Å². The van der Waals surface area contributed by atoms with Gasteiger partial charge in [-0.1, -0.05) is 47.6 Å². The molecule has 1 aliphatic rings. The van der Waals surface area contributed by atoms with Crippen molar-refractivity contribution < 1.29 is 27.5 Å². The second-order valence-corrected chi connectivity index (χ2v) is 9.17. The van der Waals surface area contributed by atoms with Crippen molar-refractivity contribution in [3.8, 4) is 5.75 Å². The van der Waals surface area contributed by atoms with Crippen LogP contribution in [0.2, 0.25) is 0 Å². The number of amides is 1. The predicted octanol–water partition coefficient (Wildman–Crippen LogP) is 5.02. The summed E-state index contributed by atoms with van der Waals surface area (Å²) in [6.45, 7) is 3.11. The summed E-state index contributed by atoms with van der Waals surface area (Å²) >= 11 is 0. The number of piperazine rings is 1. The molecule has 0 bridgehead atoms. The van der Waals surface area contributed by atoms with Crippen LogP contribution in [-0.2, 0) is 28.8 Å². The zero-order valence-electron chi connectivity index (χ0n) is 21.2. The molecule has 0 saturated carbocycles. The molecule has 0 aromatic heterocycles. The Hall–Kier alpha value is -3.85. The lowest BCUT2D eigenvalue weighted by molar-refractivity contribution is -0.137. The Kier molecular flexibility index (Phi) is 9.02. The zero-order valence-corrected chi connectivity index (χ0v) is 21.2. The molecule has 6 nitrogen and oxygen atoms in total. The fraction of sp³-hybridized carbons (Fsp3) is 0.310. The van der Waals surface area contributed by atoms with Crippen LogP contribution in [0.4, 0.5) is 13.2 Å². The largest absolute Gasteiger partial charge is 0.484 e. The molecule has 4 rings (SSSR count). The monoisotopic (exact) mass is 525 g/mol. The van der Waals surface area contributed by atoms with Crippen LogP contribution in [0.5, 0.6) is 5.75 Å². The molecule has 1 aliphatic heterocycles. The van der Waals surface area contributed by atoms with E-state index in [0.29, 0.717) is 36.5 Å². The number of rotatable bonds is 9. The molecule has 1 amide bonds. The van der Waals surface area contributed by atoms with Crippen molar-refractivity contribution in [1.82, 2.24) is 9.80 Å². The van der Waals surface area contributed by atoms with Gasteiger partial charge in [-0.05, 0) is 60.1 Å². The molecule has 1 heterocycles. The van der Waals surface area contributed by atoms with E-state index in [0.717, 1.165) is 36.3 Å². The van der Waals surface area contributed by atoms with E-state index < -0.39 is 11.7 Å². The summed E-state index contributed by atoms with van der Waals surface area (Å²) in [4.78, 5) is 22.0. The number of nitrogens with zero attached hydrogens (tertiary/aromatic N) is 3. The van der Waals surface area contributed by atoms with Gasteiger partial charge in [-0.2, -0.15) is 13.2 Å². The van der Waals surface area contributed by atoms with Gasteiger partial charge in [0.15, 0.2) is 6.61 Å². The molecule has 0 aliphatic carbocycles. The maximum absolute atomic E-state index is 12.8. The van der Waals surface area contributed by atoms with Gasteiger partial charge in [0.1, 0.15) is 12.4 Å². The summed E-state index contributed by atoms with van der Waals surface area (Å²) in [6, 6.07) is 21.8. The molecule has 0 unspecified atom stereocenters. The van der Waals surface area contributed by atoms with Crippen molar-refractivity contribution in [3.05, 3.63) is 101 Å². The summed E-state index contributed by atoms with van der Waals surface area (Å²) < 4.78 is 44.1. The summed E-state index contributed by atoms with van der Waals surface area (Å²) in [6.07, 6.45) is -3.88. The number of carbonyl (C=O) groups excluding carboxylic acids is 1. The van der Waals surface area contributed by atoms with Gasteiger partial charge in [-0.3, -0.25) is 4.79 Å². The molecule has 3 aromatic carbocycles. The van der Waals surface area contributed by atoms with Crippen LogP contribution in [-0.4, -0.2) is 61.3 Å². The minimum atomic E-state index is -4.38. The van der Waals surface area contributed by atoms with Crippen molar-refractivity contribution in [3.63, 3.8) is 0 Å². The van der Waals surface area contributed by atoms with E-state index in [9.17, 15) is 18.0 Å². The molecule has 0 atom stereocenters. The van der Waals surface area contributed by atoms with Gasteiger partial charge in [-0.15, -0.1) is 0 Å². The Labute approximate surface area is 220 Å². The second-order valence-electron chi connectivity index (χ2n) is 9.17. The van der Waals surface area contributed by atoms with Crippen LogP contribution in [0.1, 0.15) is 22.3 Å². The van der Waals surface area contributed by atoms with Gasteiger partial charge in [0.05, 0.1) is 11.3 Å². The Morgan fingerprint density at radius 3 is 2.16 bits per heavy atom. The quantitative estimate of drug-likeness (QED) is 0.291. The summed E-state index contributed by atoms with van der Waals surface area (Å²) in [7, 11) is 2.04. The standard InChI is InChI=1S/C29H30F3N3O3/c1-34-15-17-35(18-16-34)28(36)21-37-26-13-9-24(10-14-26)27(19-22-5-3-2-4-6-22)33-38-20-23-7-11-25(12-8-23)29(30,31)32/h2-14H,15-21H2,1H3. The van der Waals surface area contributed by atoms with Gasteiger partial charge in [0, 0.05) is 32.6 Å². The Balaban J connectivity index is 1.40. The summed E-state index contributed by atoms with van der Waals surface area (Å²) in [5.41, 5.74) is 2.36. The molecule has 0 spiro atoms. The minimum absolute atomic E-state index is 0.0235. The predicted molar refractivity (Wildman–Crippen MR) is 139 cm³/mol. The first-order valence-electron chi connectivity index (χ1n) is 12.4. The highest BCUT2D eigenvalue weighted by atomic mass is 19.4. The Bertz CT molecular complexity index is 1210. The molecule has 0 radical (unpaired) electrons. The highest BCUT2D eigenvalue weighted by Crippen LogP contribution is 2.29. The number of hydrogen-bond donors (Lipinski definition) is 0. The molecular weight excluding hydrogens is 495 g/mol. The third-order valence-electron chi connectivity index (χ3n) is 6.31. The molecule has 3 aromatic rings. The second kappa shape index (κ2) is 12.6. The SMILES string of the molecule is CN1CCN(C(=O)COc2ccc(C(Cc3ccccc3)=NOCc3ccc(C(F)(F)F)cc3)cc2)CC1. The molecule has 1 fully saturated rings. The molecule has 200 valence electrons. The number of likely N-dealkylation sites (N-methyl/N-ethyl adjacent to an activating group) is 1. The number of alkyl halides is 3. The summed E-state index contributed by atoms with van der Waals surface area (Å²) in [5, 5.41) is 4.32. The van der Waals surface area contributed by atoms with E-state index in [2.05, 4.69) is 10.1 Å². The molecule has 38 heavy (non-hydrogen) atoms. The lowest BCUT2D eigenvalue weighted by atomic mass is 10.0. The van der Waals surface area contributed by atoms with Crippen LogP contribution in [0.15, 0.2) is 84.0 Å². The van der Waals surface area contributed by atoms with Crippen LogP contribution < -0.4 is 4.74 Å². The van der Waals surface area contributed by atoms with Gasteiger partial charge < -0.3 is 19.4 Å². The Morgan fingerprint density at radius 1 is 0.868 bits per heavy atom. The van der Waals surface area contributed by atoms with Crippen molar-refractivity contribution in [2.24, 2.45) is 5.16 Å². The van der Waals surface area contributed by atoms with E-state index in [4.69, 9.17) is 9.57 Å². The highest BCUT2D eigenvalue weighted by molar-refractivity contribution is 6.01. The van der Waals surface area contributed by atoms with Crippen molar-refractivity contribution in [1.29, 1.82) is 0 Å². The molecular formula is C29H30F3N3O3. The molecule has 9 heteroatoms. The van der Waals surface area contributed by atoms with E-state index in [1.54, 1.807) is 12.1 Å². The maximum atomic E-state index is 12.8. The topological polar surface area (TPSA) is 54.4 Å². The first kappa shape index (κ1) is 27.2. The third-order valence-corrected chi connectivity index (χ3v) is 6.31. The number of benzene rings is 3. The first-order chi connectivity index (χ1) is 18.3. The molecule has 1 saturated heterocycles. The van der Waals surface area contributed by atoms with Gasteiger partial charge in [0.25, 0.3) is 5.91 Å². The van der Waals surface area contributed by atoms with E-state index in [1.807, 2.05) is 54.4 Å². The normalized spacial score (nSPS) is 14.8. The van der Waals surface area contributed by atoms with Gasteiger partial charge in [-0.25, -0.2) is 0 Å². The fourth-order valence-electron chi connectivity index (χ4n) is 3.99. The number of hydrogen-bond acceptors (Lipinski definition) is 5. The van der Waals surface area contributed by atoms with Crippen molar-refractivity contribution >= 4 is 11.6 Å². The average molecular weight is 526 g/mol. The van der Waals surface area contributed by atoms with Gasteiger partial charge >= 0.3 is 6.18 Å². The zero-order chi connectivity index (χ0) is 27.0. The number of carbonyl (C=O) groups is 1. The van der Waals surface area contributed by atoms with E-state index in [-0.39, 0.29) is 19.1 Å². The maximum Gasteiger partial charge on any atom is 0.416 e. The van der Waals surface area contributed by atoms with Crippen LogP contribution in [0.3, 0.4) is 0 Å². The fourth-order valence-corrected chi connectivity index (χ4v) is 3.99. The lowest BCUT2D eigenvalue weighted by Crippen LogP contribution is -2.48. The number of ether oxygens (including phenoxy) is 1. The third kappa shape index (κ3) is 7.82. The highest BCUT2D eigenvalue weighted by Gasteiger charge is 2.29. The minimum Gasteiger partial charge on any atom is -0.484 e. The van der Waals surface area contributed by atoms with E-state index in [1.165, 1.54) is 12.1 Å². The van der Waals surface area contributed by atoms with Crippen molar-refractivity contribution in [2.45, 2.75) is 19.2 Å². The van der Waals surface area contributed by atoms with Crippen LogP contribution in [0.25, 0.3) is 0 Å². The first-order valence-corrected chi connectivity index (χ1v) is 12.4.